The molecule has 1 unspecified atom stereocenters. The molecule has 0 radical (unpaired) electrons. The van der Waals surface area contributed by atoms with Crippen LogP contribution in [0.25, 0.3) is 0 Å². The summed E-state index contributed by atoms with van der Waals surface area (Å²) in [5.74, 6) is 0.705. The second-order valence-electron chi connectivity index (χ2n) is 10.7. The minimum atomic E-state index is -1.23. The third-order valence-corrected chi connectivity index (χ3v) is 9.90. The molecule has 1 aromatic carbocycles. The zero-order valence-corrected chi connectivity index (χ0v) is 21.3. The number of aryl methyl sites for hydroxylation is 1. The van der Waals surface area contributed by atoms with Crippen LogP contribution in [0, 0.1) is 18.3 Å². The van der Waals surface area contributed by atoms with E-state index in [1.807, 2.05) is 0 Å². The molecule has 1 aliphatic rings. The highest BCUT2D eigenvalue weighted by Gasteiger charge is 2.29. The lowest BCUT2D eigenvalue weighted by atomic mass is 9.82. The Morgan fingerprint density at radius 2 is 1.54 bits per heavy atom. The van der Waals surface area contributed by atoms with Gasteiger partial charge in [0, 0.05) is 0 Å². The maximum Gasteiger partial charge on any atom is 0.0775 e. The molecule has 0 aromatic heterocycles. The van der Waals surface area contributed by atoms with Gasteiger partial charge in [-0.15, -0.1) is 0 Å². The Balaban J connectivity index is 2.24. The predicted octanol–water partition coefficient (Wildman–Crippen LogP) is 5.47. The van der Waals surface area contributed by atoms with Crippen LogP contribution in [-0.2, 0) is 0 Å². The number of rotatable bonds is 5. The monoisotopic (exact) mass is 384 g/mol. The second kappa shape index (κ2) is 7.63. The molecule has 0 saturated carbocycles. The summed E-state index contributed by atoms with van der Waals surface area (Å²) in [4.78, 5) is 0. The van der Waals surface area contributed by atoms with Gasteiger partial charge >= 0.3 is 0 Å². The Kier molecular flexibility index (Phi) is 6.29. The van der Waals surface area contributed by atoms with Crippen molar-refractivity contribution in [2.45, 2.75) is 80.6 Å². The van der Waals surface area contributed by atoms with Crippen molar-refractivity contribution in [3.63, 3.8) is 0 Å². The highest BCUT2D eigenvalue weighted by molar-refractivity contribution is 6.89. The molecule has 26 heavy (non-hydrogen) atoms. The van der Waals surface area contributed by atoms with Crippen LogP contribution in [0.2, 0.25) is 25.7 Å². The van der Waals surface area contributed by atoms with Crippen LogP contribution in [-0.4, -0.2) is 17.6 Å². The Morgan fingerprint density at radius 1 is 0.923 bits per heavy atom. The van der Waals surface area contributed by atoms with Crippen LogP contribution in [0.5, 0.6) is 0 Å². The fourth-order valence-corrected chi connectivity index (χ4v) is 8.01. The van der Waals surface area contributed by atoms with E-state index in [0.29, 0.717) is 11.3 Å². The van der Waals surface area contributed by atoms with Gasteiger partial charge in [0.2, 0.25) is 0 Å². The molecule has 0 spiro atoms. The van der Waals surface area contributed by atoms with Crippen molar-refractivity contribution in [1.82, 2.24) is 0 Å². The molecule has 1 aliphatic carbocycles. The van der Waals surface area contributed by atoms with E-state index >= 15 is 0 Å². The first-order valence-electron chi connectivity index (χ1n) is 10.3. The molecule has 0 bridgehead atoms. The summed E-state index contributed by atoms with van der Waals surface area (Å²) >= 11 is 0. The summed E-state index contributed by atoms with van der Waals surface area (Å²) in [5, 5.41) is 3.31. The quantitative estimate of drug-likeness (QED) is 0.590. The highest BCUT2D eigenvalue weighted by Crippen LogP contribution is 2.43. The van der Waals surface area contributed by atoms with E-state index in [4.69, 9.17) is 0 Å². The molecule has 2 heteroatoms. The maximum atomic E-state index is 2.56. The van der Waals surface area contributed by atoms with Gasteiger partial charge in [0.25, 0.3) is 0 Å². The fraction of sp³-hybridized carbons (Fsp3) is 0.583. The summed E-state index contributed by atoms with van der Waals surface area (Å²) in [5.41, 5.74) is 8.36. The van der Waals surface area contributed by atoms with Crippen molar-refractivity contribution in [2.75, 3.05) is 0 Å². The van der Waals surface area contributed by atoms with Crippen LogP contribution in [0.4, 0.5) is 0 Å². The number of benzene rings is 1. The van der Waals surface area contributed by atoms with E-state index in [2.05, 4.69) is 86.3 Å². The zero-order valence-electron chi connectivity index (χ0n) is 18.9. The Hall–Kier alpha value is -0.866. The fourth-order valence-electron chi connectivity index (χ4n) is 4.29. The van der Waals surface area contributed by atoms with Crippen molar-refractivity contribution in [2.24, 2.45) is 11.3 Å². The summed E-state index contributed by atoms with van der Waals surface area (Å²) < 4.78 is 0. The molecule has 0 amide bonds. The van der Waals surface area contributed by atoms with Crippen molar-refractivity contribution in [1.29, 1.82) is 0 Å². The lowest BCUT2D eigenvalue weighted by molar-refractivity contribution is 0.397. The van der Waals surface area contributed by atoms with E-state index in [9.17, 15) is 0 Å². The summed E-state index contributed by atoms with van der Waals surface area (Å²) in [6.07, 6.45) is 1.24. The van der Waals surface area contributed by atoms with Crippen LogP contribution >= 0.6 is 0 Å². The van der Waals surface area contributed by atoms with Gasteiger partial charge in [0.15, 0.2) is 0 Å². The van der Waals surface area contributed by atoms with Gasteiger partial charge in [-0.3, -0.25) is 0 Å². The topological polar surface area (TPSA) is 0 Å². The number of hydrogen-bond acceptors (Lipinski definition) is 0. The van der Waals surface area contributed by atoms with Gasteiger partial charge in [0.05, 0.1) is 17.6 Å². The van der Waals surface area contributed by atoms with Gasteiger partial charge in [-0.25, -0.2) is 0 Å². The van der Waals surface area contributed by atoms with Crippen molar-refractivity contribution in [3.05, 3.63) is 46.1 Å². The first-order valence-corrected chi connectivity index (χ1v) is 15.5. The summed E-state index contributed by atoms with van der Waals surface area (Å²) in [6.45, 7) is 23.9. The Bertz CT molecular complexity index is 736. The third-order valence-electron chi connectivity index (χ3n) is 6.02. The molecule has 0 heterocycles. The third kappa shape index (κ3) is 5.10. The van der Waals surface area contributed by atoms with Crippen molar-refractivity contribution in [3.8, 4) is 0 Å². The van der Waals surface area contributed by atoms with Gasteiger partial charge in [0.1, 0.15) is 0 Å². The average molecular weight is 385 g/mol. The molecule has 0 aliphatic heterocycles. The molecule has 1 atom stereocenters. The molecule has 2 rings (SSSR count). The molecule has 0 nitrogen and oxygen atoms in total. The Morgan fingerprint density at radius 3 is 2.08 bits per heavy atom. The number of allylic oxidation sites excluding steroid dienone is 4. The Labute approximate surface area is 166 Å². The molecular formula is C24H40Si2. The van der Waals surface area contributed by atoms with E-state index < -0.39 is 8.07 Å². The maximum absolute atomic E-state index is 2.56. The van der Waals surface area contributed by atoms with Crippen LogP contribution in [0.15, 0.2) is 40.5 Å². The van der Waals surface area contributed by atoms with Gasteiger partial charge < -0.3 is 0 Å². The highest BCUT2D eigenvalue weighted by atomic mass is 28.3. The summed E-state index contributed by atoms with van der Waals surface area (Å²) in [7, 11) is -1.48. The van der Waals surface area contributed by atoms with Gasteiger partial charge in [-0.05, 0) is 62.6 Å². The van der Waals surface area contributed by atoms with E-state index in [1.165, 1.54) is 18.0 Å². The SMILES string of the molecule is CC1=C(C)C(C[SiH2]c2cc(C)cc([Si](C)(C)C)c2)C(CC(C)(C)C)=C1C. The second-order valence-corrected chi connectivity index (χ2v) is 17.7. The van der Waals surface area contributed by atoms with Crippen LogP contribution < -0.4 is 10.4 Å². The zero-order chi connectivity index (χ0) is 19.9. The standard InChI is InChI=1S/C24H40Si2/c1-16-11-20(13-21(12-16)26(8,9)10)25-15-23-19(4)17(2)18(3)22(23)14-24(5,6)7/h11-13,23H,14-15,25H2,1-10H3. The van der Waals surface area contributed by atoms with Gasteiger partial charge in [-0.2, -0.15) is 0 Å². The lowest BCUT2D eigenvalue weighted by Gasteiger charge is -2.26. The first-order chi connectivity index (χ1) is 11.8. The minimum Gasteiger partial charge on any atom is -0.0667 e. The van der Waals surface area contributed by atoms with Crippen LogP contribution in [0.1, 0.15) is 53.5 Å². The summed E-state index contributed by atoms with van der Waals surface area (Å²) in [6, 6.07) is 8.85. The first kappa shape index (κ1) is 21.4. The molecule has 144 valence electrons. The smallest absolute Gasteiger partial charge is 0.0667 e. The predicted molar refractivity (Wildman–Crippen MR) is 126 cm³/mol. The number of hydrogen-bond donors (Lipinski definition) is 0. The largest absolute Gasteiger partial charge is 0.0775 e. The van der Waals surface area contributed by atoms with Crippen molar-refractivity contribution < 1.29 is 0 Å². The van der Waals surface area contributed by atoms with Gasteiger partial charge in [-0.1, -0.05) is 85.7 Å². The molecule has 1 aromatic rings. The van der Waals surface area contributed by atoms with E-state index in [-0.39, 0.29) is 9.52 Å². The van der Waals surface area contributed by atoms with Crippen LogP contribution in [0.3, 0.4) is 0 Å². The minimum absolute atomic E-state index is 0.250. The molecule has 0 fully saturated rings. The van der Waals surface area contributed by atoms with E-state index in [0.717, 1.165) is 0 Å². The van der Waals surface area contributed by atoms with Crippen molar-refractivity contribution >= 4 is 28.0 Å². The van der Waals surface area contributed by atoms with E-state index in [1.54, 1.807) is 32.7 Å². The molecule has 0 saturated heterocycles. The average Bonchev–Trinajstić information content (AvgIpc) is 2.67. The lowest BCUT2D eigenvalue weighted by Crippen LogP contribution is -2.40. The molecule has 0 N–H and O–H groups in total. The molecular weight excluding hydrogens is 344 g/mol. The normalized spacial score (nSPS) is 19.4.